The number of carbonyl (C=O) groups excluding carboxylic acids is 2. The van der Waals surface area contributed by atoms with Crippen LogP contribution in [-0.2, 0) is 9.59 Å². The summed E-state index contributed by atoms with van der Waals surface area (Å²) in [5.41, 5.74) is 5.01. The number of primary amides is 1. The molecular formula is C8H14N2O2. The van der Waals surface area contributed by atoms with E-state index in [-0.39, 0.29) is 17.9 Å². The van der Waals surface area contributed by atoms with Gasteiger partial charge in [0.1, 0.15) is 0 Å². The fourth-order valence-corrected chi connectivity index (χ4v) is 1.51. The van der Waals surface area contributed by atoms with E-state index < -0.39 is 0 Å². The molecule has 1 saturated heterocycles. The fraction of sp³-hybridized carbons (Fsp3) is 0.750. The molecule has 4 heteroatoms. The van der Waals surface area contributed by atoms with E-state index in [9.17, 15) is 9.59 Å². The molecule has 0 aromatic heterocycles. The Morgan fingerprint density at radius 3 is 2.83 bits per heavy atom. The molecule has 12 heavy (non-hydrogen) atoms. The van der Waals surface area contributed by atoms with Gasteiger partial charge in [0.05, 0.1) is 0 Å². The van der Waals surface area contributed by atoms with E-state index in [1.54, 1.807) is 11.9 Å². The summed E-state index contributed by atoms with van der Waals surface area (Å²) in [6, 6.07) is 0.227. The monoisotopic (exact) mass is 170 g/mol. The van der Waals surface area contributed by atoms with Crippen molar-refractivity contribution in [3.63, 3.8) is 0 Å². The average Bonchev–Trinajstić information content (AvgIpc) is 2.30. The summed E-state index contributed by atoms with van der Waals surface area (Å²) in [5.74, 6) is -0.118. The largest absolute Gasteiger partial charge is 0.370 e. The number of carbonyl (C=O) groups is 2. The van der Waals surface area contributed by atoms with Crippen molar-refractivity contribution in [2.75, 3.05) is 7.05 Å². The topological polar surface area (TPSA) is 63.4 Å². The van der Waals surface area contributed by atoms with Gasteiger partial charge in [-0.1, -0.05) is 0 Å². The molecule has 1 aliphatic rings. The van der Waals surface area contributed by atoms with Gasteiger partial charge in [0, 0.05) is 25.9 Å². The lowest BCUT2D eigenvalue weighted by atomic mass is 10.1. The van der Waals surface area contributed by atoms with E-state index in [4.69, 9.17) is 5.73 Å². The highest BCUT2D eigenvalue weighted by molar-refractivity contribution is 5.78. The van der Waals surface area contributed by atoms with Gasteiger partial charge in [-0.25, -0.2) is 0 Å². The summed E-state index contributed by atoms with van der Waals surface area (Å²) < 4.78 is 0. The van der Waals surface area contributed by atoms with Crippen molar-refractivity contribution in [1.29, 1.82) is 0 Å². The summed E-state index contributed by atoms with van der Waals surface area (Å²) in [6.45, 7) is 0. The molecule has 0 aromatic rings. The molecule has 1 atom stereocenters. The highest BCUT2D eigenvalue weighted by Crippen LogP contribution is 2.19. The Balaban J connectivity index is 2.34. The zero-order valence-electron chi connectivity index (χ0n) is 7.25. The van der Waals surface area contributed by atoms with Crippen LogP contribution in [0.2, 0.25) is 0 Å². The van der Waals surface area contributed by atoms with Crippen LogP contribution in [0.1, 0.15) is 25.7 Å². The Bertz CT molecular complexity index is 203. The molecule has 0 spiro atoms. The van der Waals surface area contributed by atoms with Crippen LogP contribution in [0, 0.1) is 0 Å². The molecule has 1 fully saturated rings. The summed E-state index contributed by atoms with van der Waals surface area (Å²) >= 11 is 0. The number of hydrogen-bond donors (Lipinski definition) is 1. The van der Waals surface area contributed by atoms with Gasteiger partial charge in [-0.15, -0.1) is 0 Å². The normalized spacial score (nSPS) is 23.2. The predicted octanol–water partition coefficient (Wildman–Crippen LogP) is -0.127. The van der Waals surface area contributed by atoms with Crippen molar-refractivity contribution in [3.05, 3.63) is 0 Å². The minimum Gasteiger partial charge on any atom is -0.370 e. The first kappa shape index (κ1) is 9.03. The SMILES string of the molecule is CN1C(=O)CC[C@@H]1CCC(N)=O. The lowest BCUT2D eigenvalue weighted by Gasteiger charge is -2.18. The van der Waals surface area contributed by atoms with Crippen LogP contribution in [0.5, 0.6) is 0 Å². The van der Waals surface area contributed by atoms with Crippen LogP contribution in [0.15, 0.2) is 0 Å². The van der Waals surface area contributed by atoms with E-state index in [1.807, 2.05) is 0 Å². The highest BCUT2D eigenvalue weighted by atomic mass is 16.2. The molecule has 68 valence electrons. The Morgan fingerprint density at radius 1 is 1.75 bits per heavy atom. The van der Waals surface area contributed by atoms with E-state index in [1.165, 1.54) is 0 Å². The van der Waals surface area contributed by atoms with Crippen LogP contribution in [0.3, 0.4) is 0 Å². The van der Waals surface area contributed by atoms with E-state index in [2.05, 4.69) is 0 Å². The molecule has 1 aliphatic heterocycles. The highest BCUT2D eigenvalue weighted by Gasteiger charge is 2.27. The summed E-state index contributed by atoms with van der Waals surface area (Å²) in [5, 5.41) is 0. The number of rotatable bonds is 3. The molecule has 1 rings (SSSR count). The maximum Gasteiger partial charge on any atom is 0.222 e. The van der Waals surface area contributed by atoms with Gasteiger partial charge in [0.2, 0.25) is 11.8 Å². The predicted molar refractivity (Wildman–Crippen MR) is 44.2 cm³/mol. The van der Waals surface area contributed by atoms with Crippen LogP contribution < -0.4 is 5.73 Å². The molecule has 2 N–H and O–H groups in total. The van der Waals surface area contributed by atoms with Crippen LogP contribution in [0.25, 0.3) is 0 Å². The first-order valence-corrected chi connectivity index (χ1v) is 4.15. The van der Waals surface area contributed by atoms with E-state index in [0.717, 1.165) is 6.42 Å². The zero-order chi connectivity index (χ0) is 9.14. The van der Waals surface area contributed by atoms with Gasteiger partial charge < -0.3 is 10.6 Å². The van der Waals surface area contributed by atoms with Crippen molar-refractivity contribution >= 4 is 11.8 Å². The molecule has 1 heterocycles. The minimum absolute atomic E-state index is 0.171. The third kappa shape index (κ3) is 1.96. The van der Waals surface area contributed by atoms with Crippen molar-refractivity contribution < 1.29 is 9.59 Å². The lowest BCUT2D eigenvalue weighted by molar-refractivity contribution is -0.128. The molecule has 0 radical (unpaired) electrons. The van der Waals surface area contributed by atoms with Gasteiger partial charge in [-0.05, 0) is 12.8 Å². The first-order chi connectivity index (χ1) is 5.61. The smallest absolute Gasteiger partial charge is 0.222 e. The second-order valence-electron chi connectivity index (χ2n) is 3.20. The van der Waals surface area contributed by atoms with Crippen molar-refractivity contribution in [3.8, 4) is 0 Å². The molecule has 0 saturated carbocycles. The quantitative estimate of drug-likeness (QED) is 0.641. The number of amides is 2. The molecule has 0 aliphatic carbocycles. The number of hydrogen-bond acceptors (Lipinski definition) is 2. The maximum absolute atomic E-state index is 11.0. The number of nitrogens with zero attached hydrogens (tertiary/aromatic N) is 1. The third-order valence-corrected chi connectivity index (χ3v) is 2.36. The molecule has 0 bridgehead atoms. The van der Waals surface area contributed by atoms with Crippen LogP contribution >= 0.6 is 0 Å². The van der Waals surface area contributed by atoms with Crippen molar-refractivity contribution in [1.82, 2.24) is 4.90 Å². The van der Waals surface area contributed by atoms with Crippen LogP contribution in [-0.4, -0.2) is 29.8 Å². The Hall–Kier alpha value is -1.06. The molecule has 2 amide bonds. The second-order valence-corrected chi connectivity index (χ2v) is 3.20. The van der Waals surface area contributed by atoms with Crippen LogP contribution in [0.4, 0.5) is 0 Å². The zero-order valence-corrected chi connectivity index (χ0v) is 7.25. The van der Waals surface area contributed by atoms with Gasteiger partial charge >= 0.3 is 0 Å². The molecule has 4 nitrogen and oxygen atoms in total. The van der Waals surface area contributed by atoms with Crippen molar-refractivity contribution in [2.45, 2.75) is 31.7 Å². The third-order valence-electron chi connectivity index (χ3n) is 2.36. The Labute approximate surface area is 71.7 Å². The van der Waals surface area contributed by atoms with Crippen molar-refractivity contribution in [2.24, 2.45) is 5.73 Å². The van der Waals surface area contributed by atoms with Gasteiger partial charge in [0.15, 0.2) is 0 Å². The van der Waals surface area contributed by atoms with Gasteiger partial charge in [-0.3, -0.25) is 9.59 Å². The van der Waals surface area contributed by atoms with E-state index >= 15 is 0 Å². The second kappa shape index (κ2) is 3.56. The number of nitrogens with two attached hydrogens (primary N) is 1. The molecule has 0 aromatic carbocycles. The molecule has 0 unspecified atom stereocenters. The summed E-state index contributed by atoms with van der Waals surface area (Å²) in [7, 11) is 1.78. The minimum atomic E-state index is -0.289. The first-order valence-electron chi connectivity index (χ1n) is 4.15. The lowest BCUT2D eigenvalue weighted by Crippen LogP contribution is -2.29. The fourth-order valence-electron chi connectivity index (χ4n) is 1.51. The summed E-state index contributed by atoms with van der Waals surface area (Å²) in [6.07, 6.45) is 2.56. The Morgan fingerprint density at radius 2 is 2.42 bits per heavy atom. The molecular weight excluding hydrogens is 156 g/mol. The van der Waals surface area contributed by atoms with E-state index in [0.29, 0.717) is 19.3 Å². The Kier molecular flexibility index (Phi) is 2.68. The summed E-state index contributed by atoms with van der Waals surface area (Å²) in [4.78, 5) is 23.2. The van der Waals surface area contributed by atoms with Gasteiger partial charge in [0.25, 0.3) is 0 Å². The average molecular weight is 170 g/mol. The standard InChI is InChI=1S/C8H14N2O2/c1-10-6(2-4-7(9)11)3-5-8(10)12/h6H,2-5H2,1H3,(H2,9,11)/t6-/m0/s1. The number of likely N-dealkylation sites (tertiary alicyclic amines) is 1. The van der Waals surface area contributed by atoms with Gasteiger partial charge in [-0.2, -0.15) is 0 Å². The maximum atomic E-state index is 11.0.